The monoisotopic (exact) mass is 182 g/mol. The van der Waals surface area contributed by atoms with Crippen molar-refractivity contribution in [1.29, 1.82) is 0 Å². The first-order chi connectivity index (χ1) is 5.90. The van der Waals surface area contributed by atoms with Crippen molar-refractivity contribution in [3.05, 3.63) is 35.1 Å². The minimum Gasteiger partial charge on any atom is -0.390 e. The van der Waals surface area contributed by atoms with Gasteiger partial charge in [0.15, 0.2) is 0 Å². The molecule has 0 saturated carbocycles. The van der Waals surface area contributed by atoms with Gasteiger partial charge in [0.25, 0.3) is 0 Å². The molecule has 1 rings (SSSR count). The summed E-state index contributed by atoms with van der Waals surface area (Å²) in [4.78, 5) is 0. The van der Waals surface area contributed by atoms with Gasteiger partial charge in [-0.25, -0.2) is 4.39 Å². The molecule has 0 aromatic heterocycles. The van der Waals surface area contributed by atoms with Crippen LogP contribution in [0.1, 0.15) is 25.0 Å². The largest absolute Gasteiger partial charge is 0.390 e. The standard InChI is InChI=1S/C11H15FO/c1-8-9(7-11(2,3)13)5-4-6-10(8)12/h4-6,13H,7H2,1-3H3. The van der Waals surface area contributed by atoms with Crippen LogP contribution in [0.2, 0.25) is 0 Å². The molecule has 0 aliphatic rings. The Bertz CT molecular complexity index is 299. The van der Waals surface area contributed by atoms with Crippen molar-refractivity contribution in [2.24, 2.45) is 0 Å². The normalized spacial score (nSPS) is 11.8. The summed E-state index contributed by atoms with van der Waals surface area (Å²) in [5.41, 5.74) is 0.718. The topological polar surface area (TPSA) is 20.2 Å². The van der Waals surface area contributed by atoms with Gasteiger partial charge in [-0.05, 0) is 38.0 Å². The second kappa shape index (κ2) is 3.46. The Balaban J connectivity index is 2.96. The molecule has 0 radical (unpaired) electrons. The van der Waals surface area contributed by atoms with Crippen LogP contribution in [0.15, 0.2) is 18.2 Å². The molecule has 0 aliphatic carbocycles. The zero-order chi connectivity index (χ0) is 10.1. The van der Waals surface area contributed by atoms with Crippen LogP contribution in [-0.2, 0) is 6.42 Å². The summed E-state index contributed by atoms with van der Waals surface area (Å²) in [6.07, 6.45) is 0.483. The van der Waals surface area contributed by atoms with E-state index in [1.165, 1.54) is 6.07 Å². The summed E-state index contributed by atoms with van der Waals surface area (Å²) >= 11 is 0. The molecule has 1 aromatic rings. The van der Waals surface area contributed by atoms with Gasteiger partial charge in [0.1, 0.15) is 5.82 Å². The van der Waals surface area contributed by atoms with Crippen molar-refractivity contribution in [2.45, 2.75) is 32.8 Å². The summed E-state index contributed by atoms with van der Waals surface area (Å²) in [5.74, 6) is -0.207. The van der Waals surface area contributed by atoms with Crippen LogP contribution in [0.4, 0.5) is 4.39 Å². The molecule has 0 amide bonds. The summed E-state index contributed by atoms with van der Waals surface area (Å²) in [6, 6.07) is 4.95. The Morgan fingerprint density at radius 3 is 2.54 bits per heavy atom. The lowest BCUT2D eigenvalue weighted by molar-refractivity contribution is 0.0807. The molecule has 0 heterocycles. The van der Waals surface area contributed by atoms with Crippen molar-refractivity contribution in [3.8, 4) is 0 Å². The molecule has 0 spiro atoms. The van der Waals surface area contributed by atoms with E-state index in [1.807, 2.05) is 6.07 Å². The lowest BCUT2D eigenvalue weighted by Gasteiger charge is -2.18. The molecule has 0 fully saturated rings. The van der Waals surface area contributed by atoms with Gasteiger partial charge in [-0.1, -0.05) is 12.1 Å². The van der Waals surface area contributed by atoms with Gasteiger partial charge in [0.2, 0.25) is 0 Å². The van der Waals surface area contributed by atoms with Gasteiger partial charge < -0.3 is 5.11 Å². The van der Waals surface area contributed by atoms with Crippen LogP contribution < -0.4 is 0 Å². The first-order valence-corrected chi connectivity index (χ1v) is 4.36. The number of hydrogen-bond donors (Lipinski definition) is 1. The highest BCUT2D eigenvalue weighted by molar-refractivity contribution is 5.28. The fraction of sp³-hybridized carbons (Fsp3) is 0.455. The number of halogens is 1. The van der Waals surface area contributed by atoms with Gasteiger partial charge in [-0.15, -0.1) is 0 Å². The van der Waals surface area contributed by atoms with E-state index in [4.69, 9.17) is 0 Å². The molecule has 0 atom stereocenters. The molecule has 2 heteroatoms. The maximum Gasteiger partial charge on any atom is 0.126 e. The molecule has 0 saturated heterocycles. The summed E-state index contributed by atoms with van der Waals surface area (Å²) < 4.78 is 13.1. The van der Waals surface area contributed by atoms with Gasteiger partial charge >= 0.3 is 0 Å². The molecule has 13 heavy (non-hydrogen) atoms. The van der Waals surface area contributed by atoms with Gasteiger partial charge in [0, 0.05) is 6.42 Å². The van der Waals surface area contributed by atoms with E-state index >= 15 is 0 Å². The second-order valence-electron chi connectivity index (χ2n) is 4.01. The van der Waals surface area contributed by atoms with Gasteiger partial charge in [-0.3, -0.25) is 0 Å². The predicted octanol–water partition coefficient (Wildman–Crippen LogP) is 2.45. The van der Waals surface area contributed by atoms with Crippen molar-refractivity contribution in [2.75, 3.05) is 0 Å². The van der Waals surface area contributed by atoms with Crippen LogP contribution in [0, 0.1) is 12.7 Å². The lowest BCUT2D eigenvalue weighted by atomic mass is 9.95. The Hall–Kier alpha value is -0.890. The zero-order valence-corrected chi connectivity index (χ0v) is 8.26. The van der Waals surface area contributed by atoms with Gasteiger partial charge in [0.05, 0.1) is 5.60 Å². The minimum absolute atomic E-state index is 0.207. The Morgan fingerprint density at radius 1 is 1.38 bits per heavy atom. The van der Waals surface area contributed by atoms with E-state index in [0.29, 0.717) is 12.0 Å². The number of aliphatic hydroxyl groups is 1. The third kappa shape index (κ3) is 2.81. The number of benzene rings is 1. The predicted molar refractivity (Wildman–Crippen MR) is 51.1 cm³/mol. The Morgan fingerprint density at radius 2 is 2.00 bits per heavy atom. The minimum atomic E-state index is -0.779. The molecule has 1 nitrogen and oxygen atoms in total. The van der Waals surface area contributed by atoms with Gasteiger partial charge in [-0.2, -0.15) is 0 Å². The van der Waals surface area contributed by atoms with Crippen LogP contribution >= 0.6 is 0 Å². The number of hydrogen-bond acceptors (Lipinski definition) is 1. The van der Waals surface area contributed by atoms with Crippen LogP contribution in [0.5, 0.6) is 0 Å². The average molecular weight is 182 g/mol. The fourth-order valence-electron chi connectivity index (χ4n) is 1.31. The maximum atomic E-state index is 13.1. The van der Waals surface area contributed by atoms with Crippen molar-refractivity contribution >= 4 is 0 Å². The van der Waals surface area contributed by atoms with E-state index in [-0.39, 0.29) is 5.82 Å². The maximum absolute atomic E-state index is 13.1. The SMILES string of the molecule is Cc1c(F)cccc1CC(C)(C)O. The highest BCUT2D eigenvalue weighted by Gasteiger charge is 2.15. The van der Waals surface area contributed by atoms with E-state index in [0.717, 1.165) is 5.56 Å². The zero-order valence-electron chi connectivity index (χ0n) is 8.26. The fourth-order valence-corrected chi connectivity index (χ4v) is 1.31. The Kier molecular flexibility index (Phi) is 2.71. The van der Waals surface area contributed by atoms with E-state index in [9.17, 15) is 9.50 Å². The van der Waals surface area contributed by atoms with Crippen molar-refractivity contribution in [1.82, 2.24) is 0 Å². The van der Waals surface area contributed by atoms with Crippen LogP contribution in [-0.4, -0.2) is 10.7 Å². The summed E-state index contributed by atoms with van der Waals surface area (Å²) in [7, 11) is 0. The third-order valence-electron chi connectivity index (χ3n) is 2.00. The smallest absolute Gasteiger partial charge is 0.126 e. The summed E-state index contributed by atoms with van der Waals surface area (Å²) in [6.45, 7) is 5.17. The molecular weight excluding hydrogens is 167 g/mol. The molecular formula is C11H15FO. The highest BCUT2D eigenvalue weighted by Crippen LogP contribution is 2.17. The molecule has 1 aromatic carbocycles. The lowest BCUT2D eigenvalue weighted by Crippen LogP contribution is -2.22. The molecule has 1 N–H and O–H groups in total. The van der Waals surface area contributed by atoms with E-state index < -0.39 is 5.60 Å². The molecule has 72 valence electrons. The molecule has 0 unspecified atom stereocenters. The highest BCUT2D eigenvalue weighted by atomic mass is 19.1. The van der Waals surface area contributed by atoms with Crippen LogP contribution in [0.25, 0.3) is 0 Å². The summed E-state index contributed by atoms with van der Waals surface area (Å²) in [5, 5.41) is 9.56. The second-order valence-corrected chi connectivity index (χ2v) is 4.01. The quantitative estimate of drug-likeness (QED) is 0.744. The Labute approximate surface area is 78.2 Å². The first kappa shape index (κ1) is 10.2. The van der Waals surface area contributed by atoms with E-state index in [1.54, 1.807) is 26.8 Å². The molecule has 0 aliphatic heterocycles. The van der Waals surface area contributed by atoms with Crippen molar-refractivity contribution < 1.29 is 9.50 Å². The number of rotatable bonds is 2. The first-order valence-electron chi connectivity index (χ1n) is 4.36. The third-order valence-corrected chi connectivity index (χ3v) is 2.00. The molecule has 0 bridgehead atoms. The van der Waals surface area contributed by atoms with E-state index in [2.05, 4.69) is 0 Å². The van der Waals surface area contributed by atoms with Crippen LogP contribution in [0.3, 0.4) is 0 Å². The average Bonchev–Trinajstić information content (AvgIpc) is 1.96. The van der Waals surface area contributed by atoms with Crippen molar-refractivity contribution in [3.63, 3.8) is 0 Å².